The summed E-state index contributed by atoms with van der Waals surface area (Å²) in [6.45, 7) is 3.26. The van der Waals surface area contributed by atoms with Crippen molar-refractivity contribution in [1.82, 2.24) is 15.2 Å². The average Bonchev–Trinajstić information content (AvgIpc) is 3.20. The SMILES string of the molecule is CC(Cc1ccco1)NC(=O)N1CCC(Oc2cccnc2)C1. The monoisotopic (exact) mass is 315 g/mol. The zero-order valence-electron chi connectivity index (χ0n) is 13.1. The van der Waals surface area contributed by atoms with E-state index < -0.39 is 0 Å². The molecular formula is C17H21N3O3. The van der Waals surface area contributed by atoms with Crippen LogP contribution in [0.15, 0.2) is 47.3 Å². The van der Waals surface area contributed by atoms with Gasteiger partial charge in [0.05, 0.1) is 19.0 Å². The smallest absolute Gasteiger partial charge is 0.317 e. The Morgan fingerprint density at radius 2 is 2.43 bits per heavy atom. The topological polar surface area (TPSA) is 67.6 Å². The summed E-state index contributed by atoms with van der Waals surface area (Å²) in [6.07, 6.45) is 6.57. The molecule has 6 nitrogen and oxygen atoms in total. The molecule has 1 aliphatic rings. The van der Waals surface area contributed by atoms with E-state index in [1.807, 2.05) is 31.2 Å². The number of furan rings is 1. The van der Waals surface area contributed by atoms with Crippen molar-refractivity contribution >= 4 is 6.03 Å². The van der Waals surface area contributed by atoms with Gasteiger partial charge in [-0.25, -0.2) is 4.79 Å². The third-order valence-electron chi connectivity index (χ3n) is 3.83. The number of rotatable bonds is 5. The second-order valence-electron chi connectivity index (χ2n) is 5.80. The van der Waals surface area contributed by atoms with E-state index in [1.54, 1.807) is 23.6 Å². The highest BCUT2D eigenvalue weighted by Crippen LogP contribution is 2.17. The minimum absolute atomic E-state index is 0.0188. The predicted octanol–water partition coefficient (Wildman–Crippen LogP) is 2.47. The molecule has 0 aliphatic carbocycles. The fourth-order valence-electron chi connectivity index (χ4n) is 2.70. The fourth-order valence-corrected chi connectivity index (χ4v) is 2.70. The molecular weight excluding hydrogens is 294 g/mol. The van der Waals surface area contributed by atoms with Crippen molar-refractivity contribution in [2.24, 2.45) is 0 Å². The highest BCUT2D eigenvalue weighted by Gasteiger charge is 2.28. The lowest BCUT2D eigenvalue weighted by atomic mass is 10.2. The number of hydrogen-bond donors (Lipinski definition) is 1. The van der Waals surface area contributed by atoms with Crippen LogP contribution in [-0.2, 0) is 6.42 Å². The molecule has 0 saturated carbocycles. The Morgan fingerprint density at radius 1 is 1.52 bits per heavy atom. The first-order valence-corrected chi connectivity index (χ1v) is 7.85. The van der Waals surface area contributed by atoms with Crippen molar-refractivity contribution < 1.29 is 13.9 Å². The van der Waals surface area contributed by atoms with Gasteiger partial charge in [-0.3, -0.25) is 4.98 Å². The number of carbonyl (C=O) groups is 1. The molecule has 1 aliphatic heterocycles. The normalized spacial score (nSPS) is 18.7. The van der Waals surface area contributed by atoms with Crippen molar-refractivity contribution in [3.05, 3.63) is 48.7 Å². The van der Waals surface area contributed by atoms with E-state index in [0.717, 1.165) is 17.9 Å². The lowest BCUT2D eigenvalue weighted by Crippen LogP contribution is -2.44. The summed E-state index contributed by atoms with van der Waals surface area (Å²) in [5, 5.41) is 3.00. The maximum atomic E-state index is 12.3. The second-order valence-corrected chi connectivity index (χ2v) is 5.80. The third-order valence-corrected chi connectivity index (χ3v) is 3.83. The first-order valence-electron chi connectivity index (χ1n) is 7.85. The number of urea groups is 1. The van der Waals surface area contributed by atoms with Gasteiger partial charge in [0.2, 0.25) is 0 Å². The molecule has 0 radical (unpaired) electrons. The van der Waals surface area contributed by atoms with Crippen LogP contribution in [0.25, 0.3) is 0 Å². The molecule has 3 rings (SSSR count). The Kier molecular flexibility index (Phi) is 4.80. The lowest BCUT2D eigenvalue weighted by molar-refractivity contribution is 0.184. The lowest BCUT2D eigenvalue weighted by Gasteiger charge is -2.20. The summed E-state index contributed by atoms with van der Waals surface area (Å²) in [7, 11) is 0. The highest BCUT2D eigenvalue weighted by atomic mass is 16.5. The van der Waals surface area contributed by atoms with Crippen LogP contribution in [0.1, 0.15) is 19.1 Å². The zero-order chi connectivity index (χ0) is 16.1. The molecule has 3 heterocycles. The van der Waals surface area contributed by atoms with Crippen LogP contribution in [-0.4, -0.2) is 41.2 Å². The van der Waals surface area contributed by atoms with Crippen LogP contribution in [0.4, 0.5) is 4.79 Å². The first kappa shape index (κ1) is 15.4. The van der Waals surface area contributed by atoms with Crippen LogP contribution in [0, 0.1) is 0 Å². The summed E-state index contributed by atoms with van der Waals surface area (Å²) in [5.74, 6) is 1.61. The average molecular weight is 315 g/mol. The number of nitrogens with zero attached hydrogens (tertiary/aromatic N) is 2. The minimum atomic E-state index is -0.0543. The molecule has 0 bridgehead atoms. The Labute approximate surface area is 135 Å². The van der Waals surface area contributed by atoms with Gasteiger partial charge < -0.3 is 19.4 Å². The predicted molar refractivity (Wildman–Crippen MR) is 85.2 cm³/mol. The molecule has 122 valence electrons. The Balaban J connectivity index is 1.45. The highest BCUT2D eigenvalue weighted by molar-refractivity contribution is 5.74. The summed E-state index contributed by atoms with van der Waals surface area (Å²) in [4.78, 5) is 18.1. The van der Waals surface area contributed by atoms with E-state index in [2.05, 4.69) is 10.3 Å². The van der Waals surface area contributed by atoms with Crippen LogP contribution in [0.2, 0.25) is 0 Å². The van der Waals surface area contributed by atoms with Gasteiger partial charge in [-0.15, -0.1) is 0 Å². The van der Waals surface area contributed by atoms with E-state index >= 15 is 0 Å². The van der Waals surface area contributed by atoms with Gasteiger partial charge in [0, 0.05) is 31.6 Å². The fraction of sp³-hybridized carbons (Fsp3) is 0.412. The maximum absolute atomic E-state index is 12.3. The summed E-state index contributed by atoms with van der Waals surface area (Å²) >= 11 is 0. The van der Waals surface area contributed by atoms with Crippen molar-refractivity contribution in [3.8, 4) is 5.75 Å². The van der Waals surface area contributed by atoms with E-state index in [4.69, 9.17) is 9.15 Å². The van der Waals surface area contributed by atoms with Crippen LogP contribution in [0.5, 0.6) is 5.75 Å². The Hall–Kier alpha value is -2.50. The van der Waals surface area contributed by atoms with Gasteiger partial charge in [-0.05, 0) is 31.2 Å². The van der Waals surface area contributed by atoms with Gasteiger partial charge in [0.1, 0.15) is 17.6 Å². The van der Waals surface area contributed by atoms with Crippen molar-refractivity contribution in [2.75, 3.05) is 13.1 Å². The van der Waals surface area contributed by atoms with E-state index in [1.165, 1.54) is 0 Å². The number of pyridine rings is 1. The number of carbonyl (C=O) groups excluding carboxylic acids is 1. The molecule has 6 heteroatoms. The van der Waals surface area contributed by atoms with Crippen LogP contribution < -0.4 is 10.1 Å². The molecule has 2 amide bonds. The largest absolute Gasteiger partial charge is 0.487 e. The number of ether oxygens (including phenoxy) is 1. The maximum Gasteiger partial charge on any atom is 0.317 e. The molecule has 2 unspecified atom stereocenters. The van der Waals surface area contributed by atoms with Gasteiger partial charge in [-0.2, -0.15) is 0 Å². The van der Waals surface area contributed by atoms with E-state index in [0.29, 0.717) is 19.5 Å². The number of hydrogen-bond acceptors (Lipinski definition) is 4. The summed E-state index contributed by atoms with van der Waals surface area (Å²) in [6, 6.07) is 7.45. The molecule has 1 N–H and O–H groups in total. The number of aromatic nitrogens is 1. The van der Waals surface area contributed by atoms with Gasteiger partial charge in [0.15, 0.2) is 0 Å². The number of nitrogens with one attached hydrogen (secondary N) is 1. The zero-order valence-corrected chi connectivity index (χ0v) is 13.1. The second kappa shape index (κ2) is 7.17. The molecule has 2 aromatic heterocycles. The summed E-state index contributed by atoms with van der Waals surface area (Å²) < 4.78 is 11.2. The van der Waals surface area contributed by atoms with E-state index in [9.17, 15) is 4.79 Å². The molecule has 1 fully saturated rings. The van der Waals surface area contributed by atoms with Crippen molar-refractivity contribution in [1.29, 1.82) is 0 Å². The molecule has 2 aromatic rings. The van der Waals surface area contributed by atoms with Gasteiger partial charge in [0.25, 0.3) is 0 Å². The van der Waals surface area contributed by atoms with Gasteiger partial charge >= 0.3 is 6.03 Å². The molecule has 2 atom stereocenters. The third kappa shape index (κ3) is 4.25. The quantitative estimate of drug-likeness (QED) is 0.920. The standard InChI is InChI=1S/C17H21N3O3/c1-13(10-14-5-3-9-22-14)19-17(21)20-8-6-16(12-20)23-15-4-2-7-18-11-15/h2-5,7,9,11,13,16H,6,8,10,12H2,1H3,(H,19,21). The van der Waals surface area contributed by atoms with Crippen LogP contribution in [0.3, 0.4) is 0 Å². The Bertz CT molecular complexity index is 615. The molecule has 23 heavy (non-hydrogen) atoms. The number of amides is 2. The Morgan fingerprint density at radius 3 is 3.17 bits per heavy atom. The summed E-state index contributed by atoms with van der Waals surface area (Å²) in [5.41, 5.74) is 0. The van der Waals surface area contributed by atoms with Crippen molar-refractivity contribution in [2.45, 2.75) is 31.9 Å². The van der Waals surface area contributed by atoms with Gasteiger partial charge in [-0.1, -0.05) is 0 Å². The van der Waals surface area contributed by atoms with Crippen LogP contribution >= 0.6 is 0 Å². The van der Waals surface area contributed by atoms with E-state index in [-0.39, 0.29) is 18.2 Å². The minimum Gasteiger partial charge on any atom is -0.487 e. The first-order chi connectivity index (χ1) is 11.2. The molecule has 0 spiro atoms. The number of likely N-dealkylation sites (tertiary alicyclic amines) is 1. The molecule has 1 saturated heterocycles. The molecule has 0 aromatic carbocycles. The van der Waals surface area contributed by atoms with Crippen molar-refractivity contribution in [3.63, 3.8) is 0 Å².